The summed E-state index contributed by atoms with van der Waals surface area (Å²) < 4.78 is 1.98. The Balaban J connectivity index is 2.94. The van der Waals surface area contributed by atoms with Crippen LogP contribution in [-0.2, 0) is 13.6 Å². The first kappa shape index (κ1) is 14.0. The lowest BCUT2D eigenvalue weighted by molar-refractivity contribution is 0.657. The van der Waals surface area contributed by atoms with Gasteiger partial charge < -0.3 is 10.2 Å². The summed E-state index contributed by atoms with van der Waals surface area (Å²) in [5, 5.41) is 7.99. The van der Waals surface area contributed by atoms with E-state index in [1.807, 2.05) is 11.7 Å². The predicted molar refractivity (Wildman–Crippen MR) is 73.5 cm³/mol. The van der Waals surface area contributed by atoms with Crippen molar-refractivity contribution in [3.8, 4) is 0 Å². The monoisotopic (exact) mass is 238 g/mol. The molecule has 0 unspecified atom stereocenters. The molecule has 0 aliphatic carbocycles. The van der Waals surface area contributed by atoms with Crippen molar-refractivity contribution in [2.24, 2.45) is 7.05 Å². The third-order valence-electron chi connectivity index (χ3n) is 3.15. The zero-order valence-corrected chi connectivity index (χ0v) is 12.0. The molecule has 4 nitrogen and oxygen atoms in total. The highest BCUT2D eigenvalue weighted by atomic mass is 15.4. The van der Waals surface area contributed by atoms with Crippen molar-refractivity contribution >= 4 is 5.82 Å². The number of aryl methyl sites for hydroxylation is 2. The summed E-state index contributed by atoms with van der Waals surface area (Å²) in [5.41, 5.74) is 2.44. The summed E-state index contributed by atoms with van der Waals surface area (Å²) in [7, 11) is 4.15. The highest BCUT2D eigenvalue weighted by molar-refractivity contribution is 5.50. The fraction of sp³-hybridized carbons (Fsp3) is 0.769. The first-order valence-corrected chi connectivity index (χ1v) is 6.45. The normalized spacial score (nSPS) is 11.2. The van der Waals surface area contributed by atoms with E-state index in [2.05, 4.69) is 50.1 Å². The minimum absolute atomic E-state index is 0.481. The molecule has 0 radical (unpaired) electrons. The van der Waals surface area contributed by atoms with Crippen LogP contribution in [0.3, 0.4) is 0 Å². The van der Waals surface area contributed by atoms with Gasteiger partial charge in [0.05, 0.1) is 5.69 Å². The van der Waals surface area contributed by atoms with Gasteiger partial charge in [-0.3, -0.25) is 4.68 Å². The van der Waals surface area contributed by atoms with Crippen molar-refractivity contribution in [1.29, 1.82) is 0 Å². The molecule has 0 aromatic carbocycles. The van der Waals surface area contributed by atoms with E-state index in [1.165, 1.54) is 11.4 Å². The van der Waals surface area contributed by atoms with Crippen molar-refractivity contribution in [3.05, 3.63) is 11.3 Å². The van der Waals surface area contributed by atoms with Crippen molar-refractivity contribution in [1.82, 2.24) is 15.1 Å². The molecule has 0 bridgehead atoms. The fourth-order valence-corrected chi connectivity index (χ4v) is 1.97. The van der Waals surface area contributed by atoms with Gasteiger partial charge in [0.1, 0.15) is 5.82 Å². The lowest BCUT2D eigenvalue weighted by Crippen LogP contribution is -2.29. The summed E-state index contributed by atoms with van der Waals surface area (Å²) in [6.07, 6.45) is 1.16. The maximum absolute atomic E-state index is 4.53. The van der Waals surface area contributed by atoms with Crippen LogP contribution in [0.25, 0.3) is 0 Å². The van der Waals surface area contributed by atoms with Crippen LogP contribution in [0, 0.1) is 6.92 Å². The Labute approximate surface area is 105 Å². The number of anilines is 1. The zero-order chi connectivity index (χ0) is 13.0. The summed E-state index contributed by atoms with van der Waals surface area (Å²) in [6, 6.07) is 0.481. The summed E-state index contributed by atoms with van der Waals surface area (Å²) >= 11 is 0. The number of aromatic nitrogens is 2. The molecule has 1 N–H and O–H groups in total. The topological polar surface area (TPSA) is 33.1 Å². The minimum atomic E-state index is 0.481. The Morgan fingerprint density at radius 2 is 2.06 bits per heavy atom. The van der Waals surface area contributed by atoms with E-state index in [0.29, 0.717) is 6.04 Å². The third kappa shape index (κ3) is 3.22. The van der Waals surface area contributed by atoms with Crippen LogP contribution in [0.15, 0.2) is 0 Å². The molecule has 0 saturated carbocycles. The quantitative estimate of drug-likeness (QED) is 0.770. The van der Waals surface area contributed by atoms with Crippen molar-refractivity contribution in [3.63, 3.8) is 0 Å². The molecular formula is C13H26N4. The van der Waals surface area contributed by atoms with E-state index in [0.717, 1.165) is 25.2 Å². The molecule has 0 fully saturated rings. The maximum atomic E-state index is 4.53. The zero-order valence-electron chi connectivity index (χ0n) is 12.0. The number of hydrogen-bond acceptors (Lipinski definition) is 3. The van der Waals surface area contributed by atoms with Gasteiger partial charge in [0, 0.05) is 32.2 Å². The standard InChI is InChI=1S/C13H26N4/c1-7-8-14-9-12-11(4)15-17(6)13(12)16(5)10(2)3/h10,14H,7-9H2,1-6H3. The van der Waals surface area contributed by atoms with Crippen LogP contribution in [0.1, 0.15) is 38.4 Å². The van der Waals surface area contributed by atoms with Crippen LogP contribution in [0.5, 0.6) is 0 Å². The van der Waals surface area contributed by atoms with Gasteiger partial charge in [0.25, 0.3) is 0 Å². The second kappa shape index (κ2) is 6.05. The van der Waals surface area contributed by atoms with E-state index in [-0.39, 0.29) is 0 Å². The Morgan fingerprint density at radius 1 is 1.41 bits per heavy atom. The SMILES string of the molecule is CCCNCc1c(C)nn(C)c1N(C)C(C)C. The smallest absolute Gasteiger partial charge is 0.131 e. The lowest BCUT2D eigenvalue weighted by Gasteiger charge is -2.25. The molecule has 0 saturated heterocycles. The first-order valence-electron chi connectivity index (χ1n) is 6.45. The number of nitrogens with zero attached hydrogens (tertiary/aromatic N) is 3. The largest absolute Gasteiger partial charge is 0.357 e. The molecule has 1 aromatic heterocycles. The van der Waals surface area contributed by atoms with E-state index >= 15 is 0 Å². The lowest BCUT2D eigenvalue weighted by atomic mass is 10.2. The Kier molecular flexibility index (Phi) is 5.00. The molecule has 4 heteroatoms. The molecule has 0 spiro atoms. The van der Waals surface area contributed by atoms with Gasteiger partial charge in [-0.15, -0.1) is 0 Å². The minimum Gasteiger partial charge on any atom is -0.357 e. The molecule has 98 valence electrons. The molecule has 1 aromatic rings. The van der Waals surface area contributed by atoms with Crippen molar-refractivity contribution in [2.75, 3.05) is 18.5 Å². The van der Waals surface area contributed by atoms with Gasteiger partial charge in [-0.2, -0.15) is 5.10 Å². The van der Waals surface area contributed by atoms with Gasteiger partial charge in [-0.1, -0.05) is 6.92 Å². The highest BCUT2D eigenvalue weighted by Crippen LogP contribution is 2.23. The van der Waals surface area contributed by atoms with E-state index in [4.69, 9.17) is 0 Å². The van der Waals surface area contributed by atoms with Gasteiger partial charge in [-0.05, 0) is 33.7 Å². The Bertz CT molecular complexity index is 355. The predicted octanol–water partition coefficient (Wildman–Crippen LogP) is 2.07. The van der Waals surface area contributed by atoms with Gasteiger partial charge in [0.15, 0.2) is 0 Å². The second-order valence-corrected chi connectivity index (χ2v) is 4.89. The van der Waals surface area contributed by atoms with E-state index in [1.54, 1.807) is 0 Å². The Morgan fingerprint density at radius 3 is 2.59 bits per heavy atom. The number of nitrogens with one attached hydrogen (secondary N) is 1. The molecule has 1 rings (SSSR count). The van der Waals surface area contributed by atoms with Gasteiger partial charge in [-0.25, -0.2) is 0 Å². The number of rotatable bonds is 6. The molecule has 1 heterocycles. The summed E-state index contributed by atoms with van der Waals surface area (Å²) in [4.78, 5) is 2.28. The van der Waals surface area contributed by atoms with E-state index in [9.17, 15) is 0 Å². The van der Waals surface area contributed by atoms with E-state index < -0.39 is 0 Å². The molecule has 0 atom stereocenters. The molecule has 0 amide bonds. The number of hydrogen-bond donors (Lipinski definition) is 1. The molecule has 0 aliphatic heterocycles. The van der Waals surface area contributed by atoms with Gasteiger partial charge in [0.2, 0.25) is 0 Å². The maximum Gasteiger partial charge on any atom is 0.131 e. The van der Waals surface area contributed by atoms with Crippen LogP contribution in [-0.4, -0.2) is 29.4 Å². The van der Waals surface area contributed by atoms with Gasteiger partial charge >= 0.3 is 0 Å². The average Bonchev–Trinajstić information content (AvgIpc) is 2.53. The van der Waals surface area contributed by atoms with Crippen LogP contribution < -0.4 is 10.2 Å². The van der Waals surface area contributed by atoms with Crippen molar-refractivity contribution in [2.45, 2.75) is 46.7 Å². The van der Waals surface area contributed by atoms with Crippen LogP contribution in [0.4, 0.5) is 5.82 Å². The molecule has 17 heavy (non-hydrogen) atoms. The molecular weight excluding hydrogens is 212 g/mol. The first-order chi connectivity index (χ1) is 7.99. The summed E-state index contributed by atoms with van der Waals surface area (Å²) in [5.74, 6) is 1.22. The molecule has 0 aliphatic rings. The van der Waals surface area contributed by atoms with Crippen molar-refractivity contribution < 1.29 is 0 Å². The van der Waals surface area contributed by atoms with Crippen LogP contribution in [0.2, 0.25) is 0 Å². The average molecular weight is 238 g/mol. The fourth-order valence-electron chi connectivity index (χ4n) is 1.97. The highest BCUT2D eigenvalue weighted by Gasteiger charge is 2.17. The Hall–Kier alpha value is -1.03. The third-order valence-corrected chi connectivity index (χ3v) is 3.15. The second-order valence-electron chi connectivity index (χ2n) is 4.89. The summed E-state index contributed by atoms with van der Waals surface area (Å²) in [6.45, 7) is 10.6. The van der Waals surface area contributed by atoms with Crippen LogP contribution >= 0.6 is 0 Å².